The van der Waals surface area contributed by atoms with Crippen molar-refractivity contribution in [1.82, 2.24) is 9.55 Å². The molecule has 2 heterocycles. The van der Waals surface area contributed by atoms with E-state index in [1.165, 1.54) is 29.3 Å². The summed E-state index contributed by atoms with van der Waals surface area (Å²) in [5.74, 6) is -2.39. The number of nitrogens with zero attached hydrogens (tertiary/aromatic N) is 3. The Morgan fingerprint density at radius 3 is 2.54 bits per heavy atom. The third kappa shape index (κ3) is 4.39. The number of aromatic nitrogens is 2. The number of fused-ring (bicyclic) bond motifs is 1. The number of ether oxygens (including phenoxy) is 2. The number of methoxy groups -OCH3 is 1. The van der Waals surface area contributed by atoms with Gasteiger partial charge >= 0.3 is 0 Å². The Balaban J connectivity index is 1.43. The van der Waals surface area contributed by atoms with E-state index in [0.29, 0.717) is 20.9 Å². The molecular weight excluding hydrogens is 500 g/mol. The molecule has 5 rings (SSSR count). The summed E-state index contributed by atoms with van der Waals surface area (Å²) in [4.78, 5) is 29.7. The first-order valence-electron chi connectivity index (χ1n) is 10.5. The van der Waals surface area contributed by atoms with Gasteiger partial charge in [0.15, 0.2) is 11.5 Å². The molecule has 180 valence electrons. The third-order valence-electron chi connectivity index (χ3n) is 5.86. The van der Waals surface area contributed by atoms with E-state index >= 15 is 0 Å². The van der Waals surface area contributed by atoms with Crippen molar-refractivity contribution < 1.29 is 18.3 Å². The number of alkyl halides is 2. The molecule has 1 aliphatic carbocycles. The minimum absolute atomic E-state index is 0.248. The van der Waals surface area contributed by atoms with Crippen molar-refractivity contribution in [3.05, 3.63) is 75.1 Å². The van der Waals surface area contributed by atoms with Crippen LogP contribution in [-0.2, 0) is 0 Å². The van der Waals surface area contributed by atoms with Crippen molar-refractivity contribution in [2.75, 3.05) is 13.7 Å². The minimum Gasteiger partial charge on any atom is -0.493 e. The van der Waals surface area contributed by atoms with Crippen LogP contribution in [0, 0.1) is 4.91 Å². The molecule has 35 heavy (non-hydrogen) atoms. The first-order valence-corrected chi connectivity index (χ1v) is 11.7. The van der Waals surface area contributed by atoms with Crippen LogP contribution in [0.25, 0.3) is 26.3 Å². The maximum atomic E-state index is 13.3. The highest BCUT2D eigenvalue weighted by atomic mass is 35.5. The molecule has 0 atom stereocenters. The van der Waals surface area contributed by atoms with Crippen molar-refractivity contribution in [1.29, 1.82) is 0 Å². The summed E-state index contributed by atoms with van der Waals surface area (Å²) in [6, 6.07) is 13.9. The lowest BCUT2D eigenvalue weighted by Crippen LogP contribution is -2.53. The highest BCUT2D eigenvalue weighted by Crippen LogP contribution is 2.48. The molecule has 0 N–H and O–H groups in total. The molecule has 7 nitrogen and oxygen atoms in total. The van der Waals surface area contributed by atoms with Crippen LogP contribution in [0.2, 0.25) is 5.02 Å². The summed E-state index contributed by atoms with van der Waals surface area (Å²) < 4.78 is 39.4. The first-order chi connectivity index (χ1) is 16.7. The SMILES string of the molecule is COc1cc(-n2cnc3cc(-c4ccc(Cl)cc4)sc3c2=O)ccc1OCC1(N=O)CC(F)(F)C1. The fourth-order valence-electron chi connectivity index (χ4n) is 4.09. The highest BCUT2D eigenvalue weighted by molar-refractivity contribution is 7.22. The summed E-state index contributed by atoms with van der Waals surface area (Å²) in [6.07, 6.45) is 0.133. The van der Waals surface area contributed by atoms with Crippen LogP contribution in [0.1, 0.15) is 12.8 Å². The van der Waals surface area contributed by atoms with E-state index < -0.39 is 24.3 Å². The van der Waals surface area contributed by atoms with Crippen LogP contribution in [0.4, 0.5) is 8.78 Å². The molecule has 1 fully saturated rings. The van der Waals surface area contributed by atoms with Gasteiger partial charge in [-0.3, -0.25) is 9.36 Å². The molecule has 0 saturated heterocycles. The van der Waals surface area contributed by atoms with E-state index in [0.717, 1.165) is 10.4 Å². The van der Waals surface area contributed by atoms with Gasteiger partial charge in [-0.2, -0.15) is 4.91 Å². The summed E-state index contributed by atoms with van der Waals surface area (Å²) in [5.41, 5.74) is 0.278. The zero-order chi connectivity index (χ0) is 24.8. The van der Waals surface area contributed by atoms with Crippen molar-refractivity contribution in [3.8, 4) is 27.6 Å². The normalized spacial score (nSPS) is 16.0. The van der Waals surface area contributed by atoms with Gasteiger partial charge in [-0.25, -0.2) is 13.8 Å². The van der Waals surface area contributed by atoms with Crippen LogP contribution in [-0.4, -0.2) is 34.7 Å². The Kier molecular flexibility index (Phi) is 5.80. The molecule has 0 bridgehead atoms. The van der Waals surface area contributed by atoms with Gasteiger partial charge in [-0.05, 0) is 35.9 Å². The molecule has 2 aromatic carbocycles. The predicted molar refractivity (Wildman–Crippen MR) is 130 cm³/mol. The minimum atomic E-state index is -2.91. The zero-order valence-electron chi connectivity index (χ0n) is 18.3. The Hall–Kier alpha value is -3.37. The number of benzene rings is 2. The fraction of sp³-hybridized carbons (Fsp3) is 0.250. The number of hydrogen-bond donors (Lipinski definition) is 0. The van der Waals surface area contributed by atoms with E-state index in [2.05, 4.69) is 10.2 Å². The van der Waals surface area contributed by atoms with E-state index in [1.807, 2.05) is 18.2 Å². The highest BCUT2D eigenvalue weighted by Gasteiger charge is 2.59. The number of nitroso groups, excluding NO2 is 1. The molecular formula is C24H18ClF2N3O4S. The Morgan fingerprint density at radius 2 is 1.89 bits per heavy atom. The second-order valence-corrected chi connectivity index (χ2v) is 9.89. The molecule has 2 aromatic heterocycles. The van der Waals surface area contributed by atoms with Crippen LogP contribution < -0.4 is 15.0 Å². The summed E-state index contributed by atoms with van der Waals surface area (Å²) in [6.45, 7) is -0.294. The van der Waals surface area contributed by atoms with Crippen molar-refractivity contribution in [3.63, 3.8) is 0 Å². The fourth-order valence-corrected chi connectivity index (χ4v) is 5.27. The Bertz CT molecular complexity index is 1480. The number of thiophene rings is 1. The van der Waals surface area contributed by atoms with Gasteiger partial charge in [0, 0.05) is 28.8 Å². The quantitative estimate of drug-likeness (QED) is 0.277. The van der Waals surface area contributed by atoms with Crippen molar-refractivity contribution in [2.24, 2.45) is 5.18 Å². The monoisotopic (exact) mass is 517 g/mol. The number of rotatable bonds is 7. The van der Waals surface area contributed by atoms with Crippen LogP contribution in [0.15, 0.2) is 64.8 Å². The van der Waals surface area contributed by atoms with Gasteiger partial charge in [0.25, 0.3) is 11.5 Å². The lowest BCUT2D eigenvalue weighted by molar-refractivity contribution is -0.131. The largest absolute Gasteiger partial charge is 0.493 e. The topological polar surface area (TPSA) is 82.8 Å². The van der Waals surface area contributed by atoms with E-state index in [1.54, 1.807) is 30.3 Å². The standard InChI is InChI=1S/C24H18ClF2N3O4S/c1-33-19-8-16(6-7-18(19)34-12-23(29-32)10-24(26,27)11-23)30-13-28-17-9-20(35-21(17)22(30)31)14-2-4-15(25)5-3-14/h2-9,13H,10-12H2,1H3. The molecule has 0 radical (unpaired) electrons. The van der Waals surface area contributed by atoms with Crippen molar-refractivity contribution in [2.45, 2.75) is 24.3 Å². The van der Waals surface area contributed by atoms with Gasteiger partial charge in [0.2, 0.25) is 0 Å². The molecule has 11 heteroatoms. The Morgan fingerprint density at radius 1 is 1.14 bits per heavy atom. The molecule has 1 aliphatic rings. The van der Waals surface area contributed by atoms with E-state index in [9.17, 15) is 18.5 Å². The molecule has 0 spiro atoms. The lowest BCUT2D eigenvalue weighted by atomic mass is 9.75. The van der Waals surface area contributed by atoms with Gasteiger partial charge < -0.3 is 9.47 Å². The molecule has 0 unspecified atom stereocenters. The lowest BCUT2D eigenvalue weighted by Gasteiger charge is -2.41. The first kappa shape index (κ1) is 23.4. The smallest absolute Gasteiger partial charge is 0.275 e. The number of hydrogen-bond acceptors (Lipinski definition) is 7. The third-order valence-corrected chi connectivity index (χ3v) is 7.27. The summed E-state index contributed by atoms with van der Waals surface area (Å²) >= 11 is 7.30. The van der Waals surface area contributed by atoms with E-state index in [-0.39, 0.29) is 23.7 Å². The average Bonchev–Trinajstić information content (AvgIpc) is 3.27. The van der Waals surface area contributed by atoms with Gasteiger partial charge in [0.05, 0.1) is 18.3 Å². The second kappa shape index (κ2) is 8.69. The van der Waals surface area contributed by atoms with Gasteiger partial charge in [-0.15, -0.1) is 11.3 Å². The van der Waals surface area contributed by atoms with Gasteiger partial charge in [0.1, 0.15) is 23.2 Å². The van der Waals surface area contributed by atoms with Crippen LogP contribution in [0.3, 0.4) is 0 Å². The van der Waals surface area contributed by atoms with Crippen LogP contribution in [0.5, 0.6) is 11.5 Å². The van der Waals surface area contributed by atoms with Crippen LogP contribution >= 0.6 is 22.9 Å². The molecule has 4 aromatic rings. The average molecular weight is 518 g/mol. The second-order valence-electron chi connectivity index (χ2n) is 8.40. The Labute approximate surface area is 206 Å². The summed E-state index contributed by atoms with van der Waals surface area (Å²) in [7, 11) is 1.42. The maximum absolute atomic E-state index is 13.3. The van der Waals surface area contributed by atoms with E-state index in [4.69, 9.17) is 21.1 Å². The zero-order valence-corrected chi connectivity index (χ0v) is 19.9. The predicted octanol–water partition coefficient (Wildman–Crippen LogP) is 6.09. The van der Waals surface area contributed by atoms with Crippen molar-refractivity contribution >= 4 is 33.2 Å². The molecule has 0 aliphatic heterocycles. The molecule has 1 saturated carbocycles. The maximum Gasteiger partial charge on any atom is 0.275 e. The molecule has 0 amide bonds. The summed E-state index contributed by atoms with van der Waals surface area (Å²) in [5, 5.41) is 3.50. The van der Waals surface area contributed by atoms with Gasteiger partial charge in [-0.1, -0.05) is 28.9 Å². The number of halogens is 3.